The predicted octanol–water partition coefficient (Wildman–Crippen LogP) is 7.06. The highest BCUT2D eigenvalue weighted by Crippen LogP contribution is 2.38. The molecule has 194 valence electrons. The van der Waals surface area contributed by atoms with E-state index in [0.29, 0.717) is 21.6 Å². The number of benzene rings is 3. The van der Waals surface area contributed by atoms with E-state index >= 15 is 0 Å². The van der Waals surface area contributed by atoms with Crippen molar-refractivity contribution in [2.45, 2.75) is 48.8 Å². The molecule has 1 saturated carbocycles. The van der Waals surface area contributed by atoms with Gasteiger partial charge >= 0.3 is 5.97 Å². The summed E-state index contributed by atoms with van der Waals surface area (Å²) in [6.07, 6.45) is 6.38. The average Bonchev–Trinajstić information content (AvgIpc) is 3.35. The van der Waals surface area contributed by atoms with Gasteiger partial charge in [0.2, 0.25) is 0 Å². The Morgan fingerprint density at radius 3 is 2.39 bits per heavy atom. The smallest absolute Gasteiger partial charge is 0.335 e. The van der Waals surface area contributed by atoms with E-state index in [-0.39, 0.29) is 23.8 Å². The van der Waals surface area contributed by atoms with Crippen LogP contribution in [0.2, 0.25) is 0 Å². The van der Waals surface area contributed by atoms with Crippen molar-refractivity contribution in [3.8, 4) is 5.75 Å². The molecule has 0 aromatic heterocycles. The third kappa shape index (κ3) is 5.78. The normalized spacial score (nSPS) is 17.5. The van der Waals surface area contributed by atoms with Crippen molar-refractivity contribution in [2.75, 3.05) is 6.61 Å². The first-order valence-electron chi connectivity index (χ1n) is 12.6. The van der Waals surface area contributed by atoms with Gasteiger partial charge in [0.15, 0.2) is 0 Å². The van der Waals surface area contributed by atoms with Crippen molar-refractivity contribution in [1.82, 2.24) is 0 Å². The number of nitrogens with zero attached hydrogens (tertiary/aromatic N) is 3. The summed E-state index contributed by atoms with van der Waals surface area (Å²) in [6, 6.07) is 21.8. The number of rotatable bonds is 8. The van der Waals surface area contributed by atoms with Crippen LogP contribution in [0.25, 0.3) is 0 Å². The molecule has 1 unspecified atom stereocenters. The molecule has 1 aliphatic heterocycles. The Balaban J connectivity index is 1.33. The summed E-state index contributed by atoms with van der Waals surface area (Å²) in [7, 11) is 0. The Bertz CT molecular complexity index is 1380. The van der Waals surface area contributed by atoms with Crippen LogP contribution >= 0.6 is 11.8 Å². The molecule has 5 rings (SSSR count). The number of carboxylic acids is 1. The van der Waals surface area contributed by atoms with Crippen molar-refractivity contribution in [3.63, 3.8) is 0 Å². The van der Waals surface area contributed by atoms with E-state index in [1.54, 1.807) is 0 Å². The molecule has 0 spiro atoms. The molecule has 1 fully saturated rings. The Labute approximate surface area is 224 Å². The molecule has 8 nitrogen and oxygen atoms in total. The molecule has 0 radical (unpaired) electrons. The summed E-state index contributed by atoms with van der Waals surface area (Å²) in [4.78, 5) is 22.7. The zero-order valence-corrected chi connectivity index (χ0v) is 21.5. The number of thioether (sulfide) groups is 1. The molecular weight excluding hydrogens is 502 g/mol. The molecule has 1 atom stereocenters. The molecule has 1 heterocycles. The molecule has 0 bridgehead atoms. The van der Waals surface area contributed by atoms with Gasteiger partial charge in [-0.2, -0.15) is 5.10 Å². The number of nitro benzene ring substituents is 1. The topological polar surface area (TPSA) is 114 Å². The Hall–Kier alpha value is -3.98. The lowest BCUT2D eigenvalue weighted by Crippen LogP contribution is -2.22. The summed E-state index contributed by atoms with van der Waals surface area (Å²) in [5.74, 6) is -0.179. The molecule has 9 heteroatoms. The number of aromatic carboxylic acids is 1. The highest BCUT2D eigenvalue weighted by atomic mass is 32.2. The van der Waals surface area contributed by atoms with Crippen molar-refractivity contribution in [1.29, 1.82) is 0 Å². The minimum absolute atomic E-state index is 0.145. The zero-order chi connectivity index (χ0) is 26.5. The van der Waals surface area contributed by atoms with Gasteiger partial charge in [0, 0.05) is 6.07 Å². The maximum absolute atomic E-state index is 11.7. The summed E-state index contributed by atoms with van der Waals surface area (Å²) < 4.78 is 6.10. The first-order chi connectivity index (χ1) is 18.5. The third-order valence-electron chi connectivity index (χ3n) is 6.95. The van der Waals surface area contributed by atoms with Gasteiger partial charge in [-0.15, -0.1) is 5.10 Å². The molecule has 1 N–H and O–H groups in total. The molecule has 2 aliphatic rings. The van der Waals surface area contributed by atoms with E-state index < -0.39 is 10.9 Å². The number of hydrogen-bond acceptors (Lipinski definition) is 7. The van der Waals surface area contributed by atoms with Gasteiger partial charge in [-0.05, 0) is 54.2 Å². The number of ether oxygens (including phenoxy) is 1. The van der Waals surface area contributed by atoms with Crippen LogP contribution in [0.3, 0.4) is 0 Å². The number of nitro groups is 1. The second-order valence-corrected chi connectivity index (χ2v) is 10.5. The van der Waals surface area contributed by atoms with Crippen LogP contribution in [0, 0.1) is 10.1 Å². The summed E-state index contributed by atoms with van der Waals surface area (Å²) in [6.45, 7) is 0.218. The first-order valence-corrected chi connectivity index (χ1v) is 13.4. The third-order valence-corrected chi connectivity index (χ3v) is 8.04. The van der Waals surface area contributed by atoms with Crippen LogP contribution in [0.15, 0.2) is 87.9 Å². The molecule has 3 aromatic carbocycles. The van der Waals surface area contributed by atoms with E-state index in [4.69, 9.17) is 4.74 Å². The van der Waals surface area contributed by atoms with Gasteiger partial charge in [-0.1, -0.05) is 73.5 Å². The molecular formula is C29H27N3O5S. The Morgan fingerprint density at radius 2 is 1.71 bits per heavy atom. The van der Waals surface area contributed by atoms with Gasteiger partial charge in [0.05, 0.1) is 27.0 Å². The minimum atomic E-state index is -1.22. The van der Waals surface area contributed by atoms with Gasteiger partial charge < -0.3 is 9.84 Å². The lowest BCUT2D eigenvalue weighted by atomic mass is 9.84. The molecule has 0 saturated heterocycles. The fourth-order valence-electron chi connectivity index (χ4n) is 4.96. The van der Waals surface area contributed by atoms with Gasteiger partial charge in [-0.3, -0.25) is 10.1 Å². The molecule has 38 heavy (non-hydrogen) atoms. The Kier molecular flexibility index (Phi) is 7.83. The van der Waals surface area contributed by atoms with Crippen LogP contribution in [-0.2, 0) is 0 Å². The van der Waals surface area contributed by atoms with Crippen molar-refractivity contribution in [3.05, 3.63) is 99.6 Å². The van der Waals surface area contributed by atoms with E-state index in [1.165, 1.54) is 49.8 Å². The maximum atomic E-state index is 11.7. The van der Waals surface area contributed by atoms with E-state index in [9.17, 15) is 20.0 Å². The summed E-state index contributed by atoms with van der Waals surface area (Å²) >= 11 is 1.12. The maximum Gasteiger partial charge on any atom is 0.335 e. The number of carbonyl (C=O) groups is 1. The lowest BCUT2D eigenvalue weighted by Gasteiger charge is -2.22. The van der Waals surface area contributed by atoms with E-state index in [0.717, 1.165) is 29.1 Å². The van der Waals surface area contributed by atoms with Crippen LogP contribution in [0.5, 0.6) is 5.75 Å². The molecule has 3 aromatic rings. The predicted molar refractivity (Wildman–Crippen MR) is 148 cm³/mol. The minimum Gasteiger partial charge on any atom is -0.488 e. The first kappa shape index (κ1) is 25.7. The number of carboxylic acid groups (broad SMARTS) is 1. The largest absolute Gasteiger partial charge is 0.488 e. The van der Waals surface area contributed by atoms with E-state index in [1.807, 2.05) is 42.5 Å². The monoisotopic (exact) mass is 529 g/mol. The zero-order valence-electron chi connectivity index (χ0n) is 20.7. The van der Waals surface area contributed by atoms with Crippen molar-refractivity contribution in [2.24, 2.45) is 10.2 Å². The summed E-state index contributed by atoms with van der Waals surface area (Å²) in [5, 5.41) is 30.2. The SMILES string of the molecule is O=C(O)c1ccc(SC2=NN=C(COc3ccc(C4CCCCC4)cc3)C2c2ccccc2)c([N+](=O)[O-])c1. The van der Waals surface area contributed by atoms with Crippen LogP contribution in [0.1, 0.15) is 65.4 Å². The van der Waals surface area contributed by atoms with Crippen molar-refractivity contribution >= 4 is 34.2 Å². The Morgan fingerprint density at radius 1 is 0.974 bits per heavy atom. The van der Waals surface area contributed by atoms with Gasteiger partial charge in [0.1, 0.15) is 17.4 Å². The van der Waals surface area contributed by atoms with Gasteiger partial charge in [-0.25, -0.2) is 4.79 Å². The number of hydrogen-bond donors (Lipinski definition) is 1. The molecule has 1 aliphatic carbocycles. The summed E-state index contributed by atoms with van der Waals surface area (Å²) in [5.41, 5.74) is 2.56. The van der Waals surface area contributed by atoms with Crippen LogP contribution in [-0.4, -0.2) is 33.4 Å². The lowest BCUT2D eigenvalue weighted by molar-refractivity contribution is -0.387. The average molecular weight is 530 g/mol. The van der Waals surface area contributed by atoms with Crippen LogP contribution < -0.4 is 4.74 Å². The standard InChI is InChI=1S/C29H27N3O5S/c33-29(34)22-13-16-26(25(17-22)32(35)36)38-28-27(21-9-5-2-6-10-21)24(30-31-28)18-37-23-14-11-20(12-15-23)19-7-3-1-4-8-19/h2,5-6,9-17,19,27H,1,3-4,7-8,18H2,(H,33,34). The second-order valence-electron chi connectivity index (χ2n) is 9.41. The quantitative estimate of drug-likeness (QED) is 0.247. The van der Waals surface area contributed by atoms with Crippen molar-refractivity contribution < 1.29 is 19.6 Å². The second kappa shape index (κ2) is 11.6. The van der Waals surface area contributed by atoms with Gasteiger partial charge in [0.25, 0.3) is 5.69 Å². The van der Waals surface area contributed by atoms with E-state index in [2.05, 4.69) is 22.3 Å². The highest BCUT2D eigenvalue weighted by molar-refractivity contribution is 8.14. The fraction of sp³-hybridized carbons (Fsp3) is 0.276. The fourth-order valence-corrected chi connectivity index (χ4v) is 6.04. The molecule has 0 amide bonds. The highest BCUT2D eigenvalue weighted by Gasteiger charge is 2.32. The van der Waals surface area contributed by atoms with Crippen LogP contribution in [0.4, 0.5) is 5.69 Å².